The van der Waals surface area contributed by atoms with Crippen LogP contribution in [0.3, 0.4) is 0 Å². The lowest BCUT2D eigenvalue weighted by Gasteiger charge is -2.26. The number of amides is 1. The van der Waals surface area contributed by atoms with Crippen molar-refractivity contribution >= 4 is 27.7 Å². The number of benzene rings is 1. The molecule has 0 N–H and O–H groups in total. The van der Waals surface area contributed by atoms with Gasteiger partial charge in [0, 0.05) is 38.8 Å². The summed E-state index contributed by atoms with van der Waals surface area (Å²) in [7, 11) is -1.71. The minimum absolute atomic E-state index is 0.0514. The number of aromatic nitrogens is 3. The van der Waals surface area contributed by atoms with Crippen molar-refractivity contribution in [3.63, 3.8) is 0 Å². The van der Waals surface area contributed by atoms with Gasteiger partial charge in [-0.2, -0.15) is 4.31 Å². The summed E-state index contributed by atoms with van der Waals surface area (Å²) in [5.41, 5.74) is 0.752. The van der Waals surface area contributed by atoms with Crippen LogP contribution >= 0.6 is 11.8 Å². The van der Waals surface area contributed by atoms with Crippen LogP contribution in [0, 0.1) is 0 Å². The Hall–Kier alpha value is -1.99. The minimum atomic E-state index is -3.54. The van der Waals surface area contributed by atoms with E-state index in [0.717, 1.165) is 5.56 Å². The zero-order chi connectivity index (χ0) is 21.8. The first-order valence-electron chi connectivity index (χ1n) is 10.0. The summed E-state index contributed by atoms with van der Waals surface area (Å²) >= 11 is 1.33. The highest BCUT2D eigenvalue weighted by atomic mass is 32.2. The van der Waals surface area contributed by atoms with Gasteiger partial charge in [0.05, 0.1) is 37.1 Å². The summed E-state index contributed by atoms with van der Waals surface area (Å²) < 4.78 is 39.3. The molecule has 1 amide bonds. The molecule has 3 heterocycles. The number of hydrogen-bond donors (Lipinski definition) is 0. The molecule has 10 nitrogen and oxygen atoms in total. The molecule has 2 aliphatic heterocycles. The monoisotopic (exact) mass is 467 g/mol. The Morgan fingerprint density at radius 1 is 1.00 bits per heavy atom. The van der Waals surface area contributed by atoms with E-state index < -0.39 is 10.0 Å². The molecule has 2 aliphatic rings. The van der Waals surface area contributed by atoms with Gasteiger partial charge in [-0.15, -0.1) is 10.2 Å². The van der Waals surface area contributed by atoms with E-state index in [4.69, 9.17) is 9.47 Å². The minimum Gasteiger partial charge on any atom is -0.379 e. The Kier molecular flexibility index (Phi) is 6.92. The maximum absolute atomic E-state index is 12.8. The average molecular weight is 468 g/mol. The van der Waals surface area contributed by atoms with Crippen molar-refractivity contribution in [1.29, 1.82) is 0 Å². The fourth-order valence-electron chi connectivity index (χ4n) is 3.43. The number of rotatable bonds is 6. The van der Waals surface area contributed by atoms with Gasteiger partial charge in [0.25, 0.3) is 0 Å². The van der Waals surface area contributed by atoms with Gasteiger partial charge in [-0.3, -0.25) is 4.79 Å². The van der Waals surface area contributed by atoms with E-state index >= 15 is 0 Å². The Labute approximate surface area is 185 Å². The van der Waals surface area contributed by atoms with Crippen molar-refractivity contribution in [2.24, 2.45) is 7.05 Å². The van der Waals surface area contributed by atoms with Gasteiger partial charge in [-0.25, -0.2) is 8.42 Å². The van der Waals surface area contributed by atoms with Crippen LogP contribution in [0.5, 0.6) is 0 Å². The van der Waals surface area contributed by atoms with Gasteiger partial charge in [-0.05, 0) is 24.3 Å². The van der Waals surface area contributed by atoms with Gasteiger partial charge < -0.3 is 18.9 Å². The molecule has 0 spiro atoms. The number of ether oxygens (including phenoxy) is 2. The first-order valence-corrected chi connectivity index (χ1v) is 12.5. The number of carbonyl (C=O) groups excluding carboxylic acids is 1. The molecule has 12 heteroatoms. The van der Waals surface area contributed by atoms with E-state index in [-0.39, 0.29) is 16.6 Å². The van der Waals surface area contributed by atoms with E-state index in [1.165, 1.54) is 16.1 Å². The van der Waals surface area contributed by atoms with Crippen molar-refractivity contribution in [3.05, 3.63) is 24.3 Å². The second-order valence-corrected chi connectivity index (χ2v) is 10.1. The van der Waals surface area contributed by atoms with E-state index in [9.17, 15) is 13.2 Å². The molecule has 0 saturated carbocycles. The third kappa shape index (κ3) is 4.93. The molecule has 2 fully saturated rings. The third-order valence-corrected chi connectivity index (χ3v) is 8.16. The summed E-state index contributed by atoms with van der Waals surface area (Å²) in [5.74, 6) is 0.940. The molecule has 31 heavy (non-hydrogen) atoms. The van der Waals surface area contributed by atoms with Crippen molar-refractivity contribution < 1.29 is 22.7 Å². The predicted molar refractivity (Wildman–Crippen MR) is 114 cm³/mol. The fourth-order valence-corrected chi connectivity index (χ4v) is 5.66. The van der Waals surface area contributed by atoms with Gasteiger partial charge >= 0.3 is 0 Å². The molecule has 1 aromatic carbocycles. The molecular weight excluding hydrogens is 442 g/mol. The molecule has 2 aromatic rings. The molecule has 0 atom stereocenters. The lowest BCUT2D eigenvalue weighted by molar-refractivity contribution is -0.132. The normalized spacial score (nSPS) is 18.3. The quantitative estimate of drug-likeness (QED) is 0.564. The van der Waals surface area contributed by atoms with Crippen molar-refractivity contribution in [2.45, 2.75) is 10.1 Å². The van der Waals surface area contributed by atoms with E-state index in [0.29, 0.717) is 63.6 Å². The summed E-state index contributed by atoms with van der Waals surface area (Å²) in [6, 6.07) is 6.63. The van der Waals surface area contributed by atoms with E-state index in [2.05, 4.69) is 10.2 Å². The summed E-state index contributed by atoms with van der Waals surface area (Å²) in [4.78, 5) is 14.4. The zero-order valence-corrected chi connectivity index (χ0v) is 18.9. The lowest BCUT2D eigenvalue weighted by atomic mass is 10.2. The highest BCUT2D eigenvalue weighted by Crippen LogP contribution is 2.25. The largest absolute Gasteiger partial charge is 0.379 e. The third-order valence-electron chi connectivity index (χ3n) is 5.24. The number of morpholine rings is 2. The molecule has 1 aromatic heterocycles. The Morgan fingerprint density at radius 2 is 1.61 bits per heavy atom. The van der Waals surface area contributed by atoms with Crippen LogP contribution in [0.25, 0.3) is 11.4 Å². The number of thioether (sulfide) groups is 1. The average Bonchev–Trinajstić information content (AvgIpc) is 3.19. The molecule has 2 saturated heterocycles. The van der Waals surface area contributed by atoms with E-state index in [1.807, 2.05) is 11.6 Å². The molecule has 4 rings (SSSR count). The Bertz CT molecular complexity index is 1010. The van der Waals surface area contributed by atoms with Crippen molar-refractivity contribution in [2.75, 3.05) is 58.4 Å². The number of sulfonamides is 1. The number of hydrogen-bond acceptors (Lipinski definition) is 8. The van der Waals surface area contributed by atoms with Gasteiger partial charge in [0.15, 0.2) is 11.0 Å². The molecule has 0 unspecified atom stereocenters. The maximum atomic E-state index is 12.8. The first-order chi connectivity index (χ1) is 15.0. The maximum Gasteiger partial charge on any atom is 0.243 e. The highest BCUT2D eigenvalue weighted by molar-refractivity contribution is 7.99. The van der Waals surface area contributed by atoms with Crippen LogP contribution in [0.1, 0.15) is 0 Å². The zero-order valence-electron chi connectivity index (χ0n) is 17.3. The fraction of sp³-hybridized carbons (Fsp3) is 0.526. The second-order valence-electron chi connectivity index (χ2n) is 7.19. The number of nitrogens with zero attached hydrogens (tertiary/aromatic N) is 5. The van der Waals surface area contributed by atoms with Crippen LogP contribution < -0.4 is 0 Å². The lowest BCUT2D eigenvalue weighted by Crippen LogP contribution is -2.41. The first kappa shape index (κ1) is 22.2. The smallest absolute Gasteiger partial charge is 0.243 e. The molecular formula is C19H25N5O5S2. The van der Waals surface area contributed by atoms with Crippen LogP contribution in [0.15, 0.2) is 34.3 Å². The molecule has 0 bridgehead atoms. The van der Waals surface area contributed by atoms with Crippen LogP contribution in [-0.4, -0.2) is 96.7 Å². The molecule has 0 radical (unpaired) electrons. The van der Waals surface area contributed by atoms with Gasteiger partial charge in [0.1, 0.15) is 0 Å². The highest BCUT2D eigenvalue weighted by Gasteiger charge is 2.26. The Balaban J connectivity index is 1.43. The van der Waals surface area contributed by atoms with Gasteiger partial charge in [0.2, 0.25) is 15.9 Å². The van der Waals surface area contributed by atoms with Crippen LogP contribution in [0.2, 0.25) is 0 Å². The molecule has 168 valence electrons. The SMILES string of the molecule is Cn1c(SCC(=O)N2CCOCC2)nnc1-c1ccc(S(=O)(=O)N2CCOCC2)cc1. The second kappa shape index (κ2) is 9.65. The summed E-state index contributed by atoms with van der Waals surface area (Å²) in [6.07, 6.45) is 0. The predicted octanol–water partition coefficient (Wildman–Crippen LogP) is 0.454. The standard InChI is InChI=1S/C19H25N5O5S2/c1-22-18(20-21-19(22)30-14-17(25)23-6-10-28-11-7-23)15-2-4-16(5-3-15)31(26,27)24-8-12-29-13-9-24/h2-5H,6-14H2,1H3. The summed E-state index contributed by atoms with van der Waals surface area (Å²) in [5, 5.41) is 9.05. The topological polar surface area (TPSA) is 107 Å². The van der Waals surface area contributed by atoms with Gasteiger partial charge in [-0.1, -0.05) is 11.8 Å². The van der Waals surface area contributed by atoms with E-state index in [1.54, 1.807) is 29.2 Å². The van der Waals surface area contributed by atoms with Crippen LogP contribution in [0.4, 0.5) is 0 Å². The van der Waals surface area contributed by atoms with Crippen molar-refractivity contribution in [3.8, 4) is 11.4 Å². The Morgan fingerprint density at radius 3 is 2.26 bits per heavy atom. The number of carbonyl (C=O) groups is 1. The molecule has 0 aliphatic carbocycles. The summed E-state index contributed by atoms with van der Waals surface area (Å²) in [6.45, 7) is 3.90. The van der Waals surface area contributed by atoms with Crippen molar-refractivity contribution in [1.82, 2.24) is 24.0 Å². The van der Waals surface area contributed by atoms with Crippen LogP contribution in [-0.2, 0) is 31.3 Å².